The highest BCUT2D eigenvalue weighted by Crippen LogP contribution is 2.30. The summed E-state index contributed by atoms with van der Waals surface area (Å²) in [5, 5.41) is 0. The van der Waals surface area contributed by atoms with Gasteiger partial charge in [0, 0.05) is 12.5 Å². The summed E-state index contributed by atoms with van der Waals surface area (Å²) in [4.78, 5) is 11.8. The van der Waals surface area contributed by atoms with E-state index in [0.29, 0.717) is 24.4 Å². The molecule has 4 atom stereocenters. The number of ether oxygens (including phenoxy) is 2. The van der Waals surface area contributed by atoms with Crippen molar-refractivity contribution < 1.29 is 14.3 Å². The van der Waals surface area contributed by atoms with E-state index in [1.807, 2.05) is 6.92 Å². The summed E-state index contributed by atoms with van der Waals surface area (Å²) in [5.74, 6) is 1.05. The van der Waals surface area contributed by atoms with Crippen LogP contribution in [0.4, 0.5) is 0 Å². The molecule has 0 radical (unpaired) electrons. The predicted octanol–water partition coefficient (Wildman–Crippen LogP) is 2.35. The van der Waals surface area contributed by atoms with Crippen LogP contribution in [-0.2, 0) is 14.3 Å². The third kappa shape index (κ3) is 5.11. The molecule has 1 fully saturated rings. The van der Waals surface area contributed by atoms with Crippen LogP contribution in [0.3, 0.4) is 0 Å². The molecule has 0 amide bonds. The van der Waals surface area contributed by atoms with Crippen LogP contribution in [0.5, 0.6) is 0 Å². The highest BCUT2D eigenvalue weighted by Gasteiger charge is 2.32. The standard InChI is InChI=1S/C15H29NO3/c1-5-6-12-8-18-9-14(16)15(17)19-11(4)13(12)7-10(2)3/h10-14H,5-9,16H2,1-4H3/t11-,12-,13-,14-/m0/s1. The van der Waals surface area contributed by atoms with Crippen LogP contribution in [0.2, 0.25) is 0 Å². The summed E-state index contributed by atoms with van der Waals surface area (Å²) in [7, 11) is 0. The third-order valence-corrected chi connectivity index (χ3v) is 3.85. The lowest BCUT2D eigenvalue weighted by molar-refractivity contribution is -0.153. The van der Waals surface area contributed by atoms with E-state index in [9.17, 15) is 4.79 Å². The number of hydrogen-bond acceptors (Lipinski definition) is 4. The number of carbonyl (C=O) groups excluding carboxylic acids is 1. The Morgan fingerprint density at radius 2 is 2.05 bits per heavy atom. The number of cyclic esters (lactones) is 1. The molecule has 1 heterocycles. The van der Waals surface area contributed by atoms with Crippen molar-refractivity contribution in [2.75, 3.05) is 13.2 Å². The Morgan fingerprint density at radius 3 is 2.63 bits per heavy atom. The Kier molecular flexibility index (Phi) is 6.80. The highest BCUT2D eigenvalue weighted by molar-refractivity contribution is 5.75. The van der Waals surface area contributed by atoms with Gasteiger partial charge in [0.2, 0.25) is 0 Å². The van der Waals surface area contributed by atoms with Crippen LogP contribution in [0.1, 0.15) is 47.0 Å². The lowest BCUT2D eigenvalue weighted by Crippen LogP contribution is -2.38. The number of esters is 1. The topological polar surface area (TPSA) is 61.5 Å². The Bertz CT molecular complexity index is 281. The lowest BCUT2D eigenvalue weighted by Gasteiger charge is -2.31. The van der Waals surface area contributed by atoms with Crippen molar-refractivity contribution in [1.82, 2.24) is 0 Å². The minimum absolute atomic E-state index is 0.0841. The van der Waals surface area contributed by atoms with Crippen molar-refractivity contribution in [1.29, 1.82) is 0 Å². The molecular formula is C15H29NO3. The second-order valence-corrected chi connectivity index (χ2v) is 6.13. The summed E-state index contributed by atoms with van der Waals surface area (Å²) in [6.07, 6.45) is 3.20. The fourth-order valence-electron chi connectivity index (χ4n) is 2.88. The molecule has 2 N–H and O–H groups in total. The Hall–Kier alpha value is -0.610. The zero-order chi connectivity index (χ0) is 14.4. The molecule has 1 rings (SSSR count). The maximum absolute atomic E-state index is 11.8. The molecule has 0 saturated carbocycles. The average Bonchev–Trinajstić information content (AvgIpc) is 2.37. The first kappa shape index (κ1) is 16.4. The molecule has 0 spiro atoms. The zero-order valence-electron chi connectivity index (χ0n) is 12.7. The molecule has 4 nitrogen and oxygen atoms in total. The molecule has 0 aromatic rings. The molecule has 1 aliphatic rings. The lowest BCUT2D eigenvalue weighted by atomic mass is 9.80. The Labute approximate surface area is 117 Å². The third-order valence-electron chi connectivity index (χ3n) is 3.85. The molecule has 1 saturated heterocycles. The van der Waals surface area contributed by atoms with Crippen molar-refractivity contribution in [2.24, 2.45) is 23.5 Å². The van der Waals surface area contributed by atoms with Crippen LogP contribution < -0.4 is 5.73 Å². The van der Waals surface area contributed by atoms with Gasteiger partial charge in [-0.15, -0.1) is 0 Å². The summed E-state index contributed by atoms with van der Waals surface area (Å²) in [6.45, 7) is 9.53. The zero-order valence-corrected chi connectivity index (χ0v) is 12.7. The quantitative estimate of drug-likeness (QED) is 0.797. The fraction of sp³-hybridized carbons (Fsp3) is 0.933. The van der Waals surface area contributed by atoms with Crippen molar-refractivity contribution in [3.05, 3.63) is 0 Å². The van der Waals surface area contributed by atoms with E-state index in [0.717, 1.165) is 19.3 Å². The van der Waals surface area contributed by atoms with Crippen LogP contribution in [-0.4, -0.2) is 31.3 Å². The summed E-state index contributed by atoms with van der Waals surface area (Å²) >= 11 is 0. The predicted molar refractivity (Wildman–Crippen MR) is 75.7 cm³/mol. The van der Waals surface area contributed by atoms with Gasteiger partial charge in [-0.05, 0) is 31.6 Å². The number of rotatable bonds is 4. The Morgan fingerprint density at radius 1 is 1.37 bits per heavy atom. The minimum Gasteiger partial charge on any atom is -0.461 e. The molecule has 0 bridgehead atoms. The van der Waals surface area contributed by atoms with Gasteiger partial charge in [0.25, 0.3) is 0 Å². The SMILES string of the molecule is CCC[C@H]1COC[C@H](N)C(=O)O[C@@H](C)[C@@H]1CC(C)C. The van der Waals surface area contributed by atoms with E-state index in [1.54, 1.807) is 0 Å². The van der Waals surface area contributed by atoms with Crippen molar-refractivity contribution >= 4 is 5.97 Å². The molecule has 4 heteroatoms. The summed E-state index contributed by atoms with van der Waals surface area (Å²) < 4.78 is 11.2. The summed E-state index contributed by atoms with van der Waals surface area (Å²) in [5.41, 5.74) is 5.75. The van der Waals surface area contributed by atoms with Gasteiger partial charge in [-0.25, -0.2) is 0 Å². The van der Waals surface area contributed by atoms with Crippen LogP contribution in [0.15, 0.2) is 0 Å². The molecule has 19 heavy (non-hydrogen) atoms. The average molecular weight is 271 g/mol. The van der Waals surface area contributed by atoms with Crippen molar-refractivity contribution in [3.8, 4) is 0 Å². The van der Waals surface area contributed by atoms with E-state index in [2.05, 4.69) is 20.8 Å². The van der Waals surface area contributed by atoms with Gasteiger partial charge < -0.3 is 15.2 Å². The van der Waals surface area contributed by atoms with Gasteiger partial charge in [-0.1, -0.05) is 27.2 Å². The first-order valence-electron chi connectivity index (χ1n) is 7.49. The molecule has 0 aromatic heterocycles. The maximum Gasteiger partial charge on any atom is 0.325 e. The first-order chi connectivity index (χ1) is 8.95. The second-order valence-electron chi connectivity index (χ2n) is 6.13. The molecule has 1 aliphatic heterocycles. The monoisotopic (exact) mass is 271 g/mol. The molecule has 0 aromatic carbocycles. The van der Waals surface area contributed by atoms with E-state index in [1.165, 1.54) is 0 Å². The van der Waals surface area contributed by atoms with Gasteiger partial charge >= 0.3 is 5.97 Å². The van der Waals surface area contributed by atoms with Crippen LogP contribution >= 0.6 is 0 Å². The maximum atomic E-state index is 11.8. The number of hydrogen-bond donors (Lipinski definition) is 1. The minimum atomic E-state index is -0.650. The summed E-state index contributed by atoms with van der Waals surface area (Å²) in [6, 6.07) is -0.650. The van der Waals surface area contributed by atoms with E-state index in [4.69, 9.17) is 15.2 Å². The first-order valence-corrected chi connectivity index (χ1v) is 7.49. The molecular weight excluding hydrogens is 242 g/mol. The molecule has 0 unspecified atom stereocenters. The van der Waals surface area contributed by atoms with E-state index in [-0.39, 0.29) is 18.7 Å². The normalized spacial score (nSPS) is 33.5. The van der Waals surface area contributed by atoms with Crippen molar-refractivity contribution in [2.45, 2.75) is 59.1 Å². The van der Waals surface area contributed by atoms with E-state index < -0.39 is 6.04 Å². The van der Waals surface area contributed by atoms with Gasteiger partial charge in [0.1, 0.15) is 12.1 Å². The van der Waals surface area contributed by atoms with Crippen molar-refractivity contribution in [3.63, 3.8) is 0 Å². The van der Waals surface area contributed by atoms with Gasteiger partial charge in [-0.2, -0.15) is 0 Å². The van der Waals surface area contributed by atoms with Gasteiger partial charge in [0.15, 0.2) is 0 Å². The van der Waals surface area contributed by atoms with Crippen LogP contribution in [0.25, 0.3) is 0 Å². The fourth-order valence-corrected chi connectivity index (χ4v) is 2.88. The smallest absolute Gasteiger partial charge is 0.325 e. The molecule has 112 valence electrons. The second kappa shape index (κ2) is 7.85. The molecule has 0 aliphatic carbocycles. The van der Waals surface area contributed by atoms with Gasteiger partial charge in [0.05, 0.1) is 6.61 Å². The number of carbonyl (C=O) groups is 1. The van der Waals surface area contributed by atoms with Gasteiger partial charge in [-0.3, -0.25) is 4.79 Å². The largest absolute Gasteiger partial charge is 0.461 e. The highest BCUT2D eigenvalue weighted by atomic mass is 16.5. The van der Waals surface area contributed by atoms with Crippen LogP contribution in [0, 0.1) is 17.8 Å². The number of nitrogens with two attached hydrogens (primary N) is 1. The van der Waals surface area contributed by atoms with E-state index >= 15 is 0 Å². The Balaban J connectivity index is 2.83.